The first-order valence-electron chi connectivity index (χ1n) is 4.94. The zero-order valence-corrected chi connectivity index (χ0v) is 8.68. The average Bonchev–Trinajstić information content (AvgIpc) is 2.83. The molecular weight excluding hydrogens is 192 g/mol. The van der Waals surface area contributed by atoms with E-state index in [0.29, 0.717) is 6.54 Å². The van der Waals surface area contributed by atoms with Gasteiger partial charge in [0.15, 0.2) is 11.7 Å². The first-order valence-corrected chi connectivity index (χ1v) is 4.94. The summed E-state index contributed by atoms with van der Waals surface area (Å²) in [6.07, 6.45) is 5.14. The van der Waals surface area contributed by atoms with E-state index in [1.54, 1.807) is 17.1 Å². The molecule has 0 bridgehead atoms. The minimum atomic E-state index is 0.656. The van der Waals surface area contributed by atoms with Crippen LogP contribution in [-0.4, -0.2) is 21.3 Å². The molecule has 0 aliphatic rings. The van der Waals surface area contributed by atoms with Crippen molar-refractivity contribution in [3.8, 4) is 11.5 Å². The van der Waals surface area contributed by atoms with E-state index in [1.165, 1.54) is 0 Å². The summed E-state index contributed by atoms with van der Waals surface area (Å²) in [5.41, 5.74) is 6.35. The van der Waals surface area contributed by atoms with Gasteiger partial charge in [0, 0.05) is 19.7 Å². The van der Waals surface area contributed by atoms with Crippen molar-refractivity contribution in [3.63, 3.8) is 0 Å². The van der Waals surface area contributed by atoms with Gasteiger partial charge >= 0.3 is 0 Å². The lowest BCUT2D eigenvalue weighted by molar-refractivity contribution is 0.495. The third-order valence-electron chi connectivity index (χ3n) is 2.22. The highest BCUT2D eigenvalue weighted by atomic mass is 16.4. The molecule has 0 saturated carbocycles. The lowest BCUT2D eigenvalue weighted by atomic mass is 10.3. The van der Waals surface area contributed by atoms with Gasteiger partial charge in [-0.2, -0.15) is 5.10 Å². The average molecular weight is 206 g/mol. The largest absolute Gasteiger partial charge is 0.439 e. The van der Waals surface area contributed by atoms with Crippen LogP contribution in [0.2, 0.25) is 0 Å². The molecule has 2 heterocycles. The van der Waals surface area contributed by atoms with Crippen LogP contribution in [0.25, 0.3) is 11.5 Å². The monoisotopic (exact) mass is 206 g/mol. The number of rotatable bonds is 4. The molecular formula is C10H14N4O. The molecule has 0 aliphatic heterocycles. The summed E-state index contributed by atoms with van der Waals surface area (Å²) in [5, 5.41) is 4.07. The zero-order valence-electron chi connectivity index (χ0n) is 8.68. The number of nitrogens with two attached hydrogens (primary N) is 1. The third kappa shape index (κ3) is 2.07. The van der Waals surface area contributed by atoms with Crippen LogP contribution in [-0.2, 0) is 13.5 Å². The number of hydrogen-bond acceptors (Lipinski definition) is 4. The molecule has 2 aromatic heterocycles. The van der Waals surface area contributed by atoms with Crippen LogP contribution in [0.3, 0.4) is 0 Å². The maximum Gasteiger partial charge on any atom is 0.195 e. The summed E-state index contributed by atoms with van der Waals surface area (Å²) < 4.78 is 7.34. The molecule has 0 aromatic carbocycles. The maximum atomic E-state index is 5.58. The number of oxazole rings is 1. The van der Waals surface area contributed by atoms with Gasteiger partial charge < -0.3 is 10.2 Å². The third-order valence-corrected chi connectivity index (χ3v) is 2.22. The molecule has 0 unspecified atom stereocenters. The van der Waals surface area contributed by atoms with Gasteiger partial charge in [-0.1, -0.05) is 0 Å². The van der Waals surface area contributed by atoms with Crippen molar-refractivity contribution >= 4 is 0 Å². The Balaban J connectivity index is 2.17. The van der Waals surface area contributed by atoms with Crippen molar-refractivity contribution in [2.24, 2.45) is 12.8 Å². The highest BCUT2D eigenvalue weighted by Gasteiger charge is 2.08. The molecule has 0 radical (unpaired) electrons. The lowest BCUT2D eigenvalue weighted by Gasteiger charge is -1.96. The topological polar surface area (TPSA) is 69.9 Å². The Hall–Kier alpha value is -1.62. The molecule has 0 spiro atoms. The zero-order chi connectivity index (χ0) is 10.7. The number of aryl methyl sites for hydroxylation is 2. The molecule has 5 nitrogen and oxygen atoms in total. The van der Waals surface area contributed by atoms with Crippen LogP contribution < -0.4 is 5.73 Å². The quantitative estimate of drug-likeness (QED) is 0.809. The van der Waals surface area contributed by atoms with Gasteiger partial charge in [0.05, 0.1) is 6.20 Å². The summed E-state index contributed by atoms with van der Waals surface area (Å²) in [7, 11) is 1.87. The second-order valence-electron chi connectivity index (χ2n) is 3.35. The first kappa shape index (κ1) is 9.92. The van der Waals surface area contributed by atoms with Crippen molar-refractivity contribution in [1.82, 2.24) is 14.8 Å². The van der Waals surface area contributed by atoms with E-state index in [-0.39, 0.29) is 0 Å². The Morgan fingerprint density at radius 3 is 3.07 bits per heavy atom. The molecule has 15 heavy (non-hydrogen) atoms. The fourth-order valence-corrected chi connectivity index (χ4v) is 1.41. The molecule has 0 atom stereocenters. The minimum absolute atomic E-state index is 0.656. The summed E-state index contributed by atoms with van der Waals surface area (Å²) in [6.45, 7) is 0.656. The van der Waals surface area contributed by atoms with Gasteiger partial charge in [-0.05, 0) is 19.0 Å². The Bertz CT molecular complexity index is 432. The molecule has 0 aliphatic carbocycles. The summed E-state index contributed by atoms with van der Waals surface area (Å²) >= 11 is 0. The van der Waals surface area contributed by atoms with Crippen LogP contribution in [0, 0.1) is 0 Å². The second kappa shape index (κ2) is 4.27. The van der Waals surface area contributed by atoms with Gasteiger partial charge in [-0.25, -0.2) is 4.98 Å². The molecule has 2 N–H and O–H groups in total. The standard InChI is InChI=1S/C10H14N4O/c1-14-8(4-6-13-14)9-7-12-10(15-9)3-2-5-11/h4,6-7H,2-3,5,11H2,1H3. The van der Waals surface area contributed by atoms with Gasteiger partial charge in [0.1, 0.15) is 5.69 Å². The van der Waals surface area contributed by atoms with E-state index in [1.807, 2.05) is 13.1 Å². The highest BCUT2D eigenvalue weighted by Crippen LogP contribution is 2.19. The molecule has 2 rings (SSSR count). The van der Waals surface area contributed by atoms with Crippen molar-refractivity contribution in [2.45, 2.75) is 12.8 Å². The predicted octanol–water partition coefficient (Wildman–Crippen LogP) is 0.966. The van der Waals surface area contributed by atoms with E-state index in [9.17, 15) is 0 Å². The molecule has 80 valence electrons. The number of aromatic nitrogens is 3. The predicted molar refractivity (Wildman–Crippen MR) is 56.1 cm³/mol. The van der Waals surface area contributed by atoms with Gasteiger partial charge in [0.2, 0.25) is 0 Å². The van der Waals surface area contributed by atoms with Crippen molar-refractivity contribution in [2.75, 3.05) is 6.54 Å². The maximum absolute atomic E-state index is 5.58. The normalized spacial score (nSPS) is 10.8. The fraction of sp³-hybridized carbons (Fsp3) is 0.400. The summed E-state index contributed by atoms with van der Waals surface area (Å²) in [5.74, 6) is 1.48. The van der Waals surface area contributed by atoms with Crippen LogP contribution >= 0.6 is 0 Å². The van der Waals surface area contributed by atoms with E-state index >= 15 is 0 Å². The molecule has 0 fully saturated rings. The van der Waals surface area contributed by atoms with E-state index in [4.69, 9.17) is 10.2 Å². The van der Waals surface area contributed by atoms with Crippen LogP contribution in [0.1, 0.15) is 12.3 Å². The van der Waals surface area contributed by atoms with Crippen molar-refractivity contribution < 1.29 is 4.42 Å². The van der Waals surface area contributed by atoms with Gasteiger partial charge in [0.25, 0.3) is 0 Å². The molecule has 2 aromatic rings. The number of nitrogens with zero attached hydrogens (tertiary/aromatic N) is 3. The lowest BCUT2D eigenvalue weighted by Crippen LogP contribution is -2.00. The Morgan fingerprint density at radius 1 is 1.53 bits per heavy atom. The Kier molecular flexibility index (Phi) is 2.82. The summed E-state index contributed by atoms with van der Waals surface area (Å²) in [4.78, 5) is 4.19. The molecule has 0 saturated heterocycles. The van der Waals surface area contributed by atoms with E-state index < -0.39 is 0 Å². The van der Waals surface area contributed by atoms with Crippen LogP contribution in [0.15, 0.2) is 22.9 Å². The smallest absolute Gasteiger partial charge is 0.195 e. The Labute approximate surface area is 87.9 Å². The second-order valence-corrected chi connectivity index (χ2v) is 3.35. The minimum Gasteiger partial charge on any atom is -0.439 e. The molecule has 0 amide bonds. The van der Waals surface area contributed by atoms with Crippen LogP contribution in [0.4, 0.5) is 0 Å². The Morgan fingerprint density at radius 2 is 2.40 bits per heavy atom. The first-order chi connectivity index (χ1) is 7.31. The SMILES string of the molecule is Cn1nccc1-c1cnc(CCCN)o1. The highest BCUT2D eigenvalue weighted by molar-refractivity contribution is 5.50. The fourth-order valence-electron chi connectivity index (χ4n) is 1.41. The summed E-state index contributed by atoms with van der Waals surface area (Å²) in [6, 6.07) is 1.90. The van der Waals surface area contributed by atoms with Crippen molar-refractivity contribution in [1.29, 1.82) is 0 Å². The van der Waals surface area contributed by atoms with Gasteiger partial charge in [-0.15, -0.1) is 0 Å². The van der Waals surface area contributed by atoms with E-state index in [2.05, 4.69) is 10.1 Å². The van der Waals surface area contributed by atoms with Gasteiger partial charge in [-0.3, -0.25) is 4.68 Å². The number of hydrogen-bond donors (Lipinski definition) is 1. The van der Waals surface area contributed by atoms with Crippen LogP contribution in [0.5, 0.6) is 0 Å². The van der Waals surface area contributed by atoms with E-state index in [0.717, 1.165) is 30.2 Å². The molecule has 5 heteroatoms. The van der Waals surface area contributed by atoms with Crippen molar-refractivity contribution in [3.05, 3.63) is 24.4 Å².